The fourth-order valence-corrected chi connectivity index (χ4v) is 1.86. The second kappa shape index (κ2) is 6.71. The smallest absolute Gasteiger partial charge is 0.138 e. The second-order valence-corrected chi connectivity index (χ2v) is 4.71. The van der Waals surface area contributed by atoms with Crippen molar-refractivity contribution in [2.75, 3.05) is 7.11 Å². The van der Waals surface area contributed by atoms with E-state index in [4.69, 9.17) is 4.74 Å². The Morgan fingerprint density at radius 3 is 2.71 bits per heavy atom. The summed E-state index contributed by atoms with van der Waals surface area (Å²) in [5.41, 5.74) is 0. The molecule has 1 aromatic rings. The van der Waals surface area contributed by atoms with Crippen molar-refractivity contribution < 1.29 is 9.84 Å². The number of aliphatic hydroxyl groups excluding tert-OH is 1. The number of aromatic nitrogens is 3. The largest absolute Gasteiger partial charge is 0.390 e. The Hall–Kier alpha value is -0.940. The van der Waals surface area contributed by atoms with E-state index in [2.05, 4.69) is 23.9 Å². The molecule has 1 N–H and O–H groups in total. The third-order valence-corrected chi connectivity index (χ3v) is 2.76. The van der Waals surface area contributed by atoms with Gasteiger partial charge in [-0.05, 0) is 12.3 Å². The van der Waals surface area contributed by atoms with E-state index in [0.29, 0.717) is 12.3 Å². The Labute approximate surface area is 103 Å². The summed E-state index contributed by atoms with van der Waals surface area (Å²) >= 11 is 0. The number of aliphatic hydroxyl groups is 1. The molecule has 2 atom stereocenters. The molecule has 0 spiro atoms. The van der Waals surface area contributed by atoms with E-state index in [1.165, 1.54) is 6.33 Å². The first-order chi connectivity index (χ1) is 8.08. The number of methoxy groups -OCH3 is 1. The van der Waals surface area contributed by atoms with Crippen LogP contribution in [0.3, 0.4) is 0 Å². The van der Waals surface area contributed by atoms with Crippen LogP contribution in [0.25, 0.3) is 0 Å². The SMILES string of the molecule is CCC(OC)C(O)Cc1ncnn1CC(C)C. The Kier molecular flexibility index (Phi) is 5.58. The molecule has 1 heterocycles. The highest BCUT2D eigenvalue weighted by Crippen LogP contribution is 2.10. The fourth-order valence-electron chi connectivity index (χ4n) is 1.86. The highest BCUT2D eigenvalue weighted by Gasteiger charge is 2.19. The van der Waals surface area contributed by atoms with Gasteiger partial charge in [0.1, 0.15) is 12.2 Å². The van der Waals surface area contributed by atoms with Gasteiger partial charge in [0.25, 0.3) is 0 Å². The quantitative estimate of drug-likeness (QED) is 0.781. The molecule has 5 nitrogen and oxygen atoms in total. The standard InChI is InChI=1S/C12H23N3O2/c1-5-11(17-4)10(16)6-12-13-8-14-15(12)7-9(2)3/h8-11,16H,5-7H2,1-4H3. The van der Waals surface area contributed by atoms with Crippen LogP contribution in [-0.2, 0) is 17.7 Å². The summed E-state index contributed by atoms with van der Waals surface area (Å²) in [6, 6.07) is 0. The van der Waals surface area contributed by atoms with Crippen molar-refractivity contribution in [3.8, 4) is 0 Å². The summed E-state index contributed by atoms with van der Waals surface area (Å²) in [5.74, 6) is 1.33. The van der Waals surface area contributed by atoms with Crippen molar-refractivity contribution >= 4 is 0 Å². The maximum Gasteiger partial charge on any atom is 0.138 e. The summed E-state index contributed by atoms with van der Waals surface area (Å²) in [4.78, 5) is 4.20. The van der Waals surface area contributed by atoms with Gasteiger partial charge in [0.05, 0.1) is 12.2 Å². The lowest BCUT2D eigenvalue weighted by atomic mass is 10.1. The van der Waals surface area contributed by atoms with Crippen LogP contribution in [0.2, 0.25) is 0 Å². The molecule has 17 heavy (non-hydrogen) atoms. The highest BCUT2D eigenvalue weighted by atomic mass is 16.5. The summed E-state index contributed by atoms with van der Waals surface area (Å²) < 4.78 is 7.08. The molecule has 0 aromatic carbocycles. The van der Waals surface area contributed by atoms with Gasteiger partial charge in [0, 0.05) is 20.1 Å². The van der Waals surface area contributed by atoms with Gasteiger partial charge in [-0.1, -0.05) is 20.8 Å². The molecule has 0 aliphatic carbocycles. The van der Waals surface area contributed by atoms with Crippen LogP contribution in [0.15, 0.2) is 6.33 Å². The summed E-state index contributed by atoms with van der Waals surface area (Å²) in [5, 5.41) is 14.2. The summed E-state index contributed by atoms with van der Waals surface area (Å²) in [6.45, 7) is 7.08. The lowest BCUT2D eigenvalue weighted by molar-refractivity contribution is -0.0142. The molecule has 0 saturated heterocycles. The molecular weight excluding hydrogens is 218 g/mol. The maximum absolute atomic E-state index is 10.0. The zero-order valence-electron chi connectivity index (χ0n) is 11.1. The van der Waals surface area contributed by atoms with Gasteiger partial charge in [-0.2, -0.15) is 5.10 Å². The molecule has 0 saturated carbocycles. The zero-order valence-corrected chi connectivity index (χ0v) is 11.1. The number of hydrogen-bond donors (Lipinski definition) is 1. The van der Waals surface area contributed by atoms with Gasteiger partial charge in [-0.3, -0.25) is 0 Å². The highest BCUT2D eigenvalue weighted by molar-refractivity contribution is 4.89. The molecule has 2 unspecified atom stereocenters. The second-order valence-electron chi connectivity index (χ2n) is 4.71. The molecule has 0 fully saturated rings. The van der Waals surface area contributed by atoms with Crippen LogP contribution >= 0.6 is 0 Å². The number of hydrogen-bond acceptors (Lipinski definition) is 4. The van der Waals surface area contributed by atoms with Crippen LogP contribution < -0.4 is 0 Å². The first-order valence-electron chi connectivity index (χ1n) is 6.16. The van der Waals surface area contributed by atoms with Gasteiger partial charge < -0.3 is 9.84 Å². The van der Waals surface area contributed by atoms with E-state index in [-0.39, 0.29) is 6.10 Å². The van der Waals surface area contributed by atoms with E-state index < -0.39 is 6.10 Å². The zero-order chi connectivity index (χ0) is 12.8. The Balaban J connectivity index is 2.64. The molecule has 0 bridgehead atoms. The van der Waals surface area contributed by atoms with Gasteiger partial charge >= 0.3 is 0 Å². The Morgan fingerprint density at radius 2 is 2.18 bits per heavy atom. The van der Waals surface area contributed by atoms with Crippen molar-refractivity contribution in [1.82, 2.24) is 14.8 Å². The molecule has 0 radical (unpaired) electrons. The average molecular weight is 241 g/mol. The molecule has 5 heteroatoms. The molecular formula is C12H23N3O2. The molecule has 1 aromatic heterocycles. The lowest BCUT2D eigenvalue weighted by Gasteiger charge is -2.20. The number of nitrogens with zero attached hydrogens (tertiary/aromatic N) is 3. The third kappa shape index (κ3) is 4.09. The topological polar surface area (TPSA) is 60.2 Å². The molecule has 0 aliphatic heterocycles. The van der Waals surface area contributed by atoms with Crippen molar-refractivity contribution in [2.45, 2.75) is 52.4 Å². The average Bonchev–Trinajstić information content (AvgIpc) is 2.66. The normalized spacial score (nSPS) is 15.2. The van der Waals surface area contributed by atoms with Crippen molar-refractivity contribution in [1.29, 1.82) is 0 Å². The summed E-state index contributed by atoms with van der Waals surface area (Å²) in [6.07, 6.45) is 2.15. The fraction of sp³-hybridized carbons (Fsp3) is 0.833. The van der Waals surface area contributed by atoms with E-state index >= 15 is 0 Å². The Bertz CT molecular complexity index is 321. The minimum absolute atomic E-state index is 0.140. The molecule has 98 valence electrons. The minimum Gasteiger partial charge on any atom is -0.390 e. The van der Waals surface area contributed by atoms with E-state index in [0.717, 1.165) is 18.8 Å². The van der Waals surface area contributed by atoms with Crippen LogP contribution in [0.1, 0.15) is 33.0 Å². The van der Waals surface area contributed by atoms with Crippen LogP contribution in [0, 0.1) is 5.92 Å². The predicted molar refractivity (Wildman–Crippen MR) is 65.7 cm³/mol. The summed E-state index contributed by atoms with van der Waals surface area (Å²) in [7, 11) is 1.62. The van der Waals surface area contributed by atoms with Crippen LogP contribution in [-0.4, -0.2) is 39.2 Å². The number of rotatable bonds is 7. The molecule has 0 aliphatic rings. The van der Waals surface area contributed by atoms with Crippen molar-refractivity contribution in [3.63, 3.8) is 0 Å². The molecule has 0 amide bonds. The van der Waals surface area contributed by atoms with E-state index in [1.54, 1.807) is 7.11 Å². The first-order valence-corrected chi connectivity index (χ1v) is 6.16. The van der Waals surface area contributed by atoms with Crippen LogP contribution in [0.5, 0.6) is 0 Å². The first kappa shape index (κ1) is 14.1. The monoisotopic (exact) mass is 241 g/mol. The maximum atomic E-state index is 10.0. The van der Waals surface area contributed by atoms with Gasteiger partial charge in [0.2, 0.25) is 0 Å². The predicted octanol–water partition coefficient (Wildman–Crippen LogP) is 1.26. The number of ether oxygens (including phenoxy) is 1. The van der Waals surface area contributed by atoms with Gasteiger partial charge in [0.15, 0.2) is 0 Å². The minimum atomic E-state index is -0.528. The van der Waals surface area contributed by atoms with Crippen molar-refractivity contribution in [3.05, 3.63) is 12.2 Å². The molecule has 1 rings (SSSR count). The van der Waals surface area contributed by atoms with Crippen molar-refractivity contribution in [2.24, 2.45) is 5.92 Å². The lowest BCUT2D eigenvalue weighted by Crippen LogP contribution is -2.30. The third-order valence-electron chi connectivity index (χ3n) is 2.76. The van der Waals surface area contributed by atoms with Gasteiger partial charge in [-0.25, -0.2) is 9.67 Å². The van der Waals surface area contributed by atoms with Gasteiger partial charge in [-0.15, -0.1) is 0 Å². The Morgan fingerprint density at radius 1 is 1.47 bits per heavy atom. The van der Waals surface area contributed by atoms with E-state index in [9.17, 15) is 5.11 Å². The van der Waals surface area contributed by atoms with E-state index in [1.807, 2.05) is 11.6 Å². The van der Waals surface area contributed by atoms with Crippen LogP contribution in [0.4, 0.5) is 0 Å².